The molecule has 0 aliphatic carbocycles. The van der Waals surface area contributed by atoms with E-state index in [9.17, 15) is 0 Å². The molecule has 0 amide bonds. The van der Waals surface area contributed by atoms with E-state index in [4.69, 9.17) is 10.8 Å². The SMILES string of the molecule is Cc1ccc(C(N)CCCCO)cc1. The van der Waals surface area contributed by atoms with Crippen LogP contribution in [-0.2, 0) is 0 Å². The number of aliphatic hydroxyl groups excluding tert-OH is 1. The molecular formula is C12H19NO. The van der Waals surface area contributed by atoms with Crippen LogP contribution in [0.15, 0.2) is 24.3 Å². The van der Waals surface area contributed by atoms with Gasteiger partial charge >= 0.3 is 0 Å². The summed E-state index contributed by atoms with van der Waals surface area (Å²) in [5.41, 5.74) is 8.45. The highest BCUT2D eigenvalue weighted by molar-refractivity contribution is 5.23. The lowest BCUT2D eigenvalue weighted by molar-refractivity contribution is 0.281. The van der Waals surface area contributed by atoms with Crippen molar-refractivity contribution in [1.82, 2.24) is 0 Å². The predicted molar refractivity (Wildman–Crippen MR) is 59.0 cm³/mol. The summed E-state index contributed by atoms with van der Waals surface area (Å²) in [6.45, 7) is 2.34. The fraction of sp³-hybridized carbons (Fsp3) is 0.500. The van der Waals surface area contributed by atoms with Gasteiger partial charge in [0.05, 0.1) is 0 Å². The highest BCUT2D eigenvalue weighted by Crippen LogP contribution is 2.16. The average Bonchev–Trinajstić information content (AvgIpc) is 2.19. The lowest BCUT2D eigenvalue weighted by Crippen LogP contribution is -2.10. The van der Waals surface area contributed by atoms with Crippen LogP contribution in [0.4, 0.5) is 0 Å². The fourth-order valence-electron chi connectivity index (χ4n) is 1.46. The van der Waals surface area contributed by atoms with Crippen LogP contribution in [0.3, 0.4) is 0 Å². The fourth-order valence-corrected chi connectivity index (χ4v) is 1.46. The van der Waals surface area contributed by atoms with Gasteiger partial charge in [0, 0.05) is 12.6 Å². The molecule has 0 aromatic heterocycles. The second-order valence-corrected chi connectivity index (χ2v) is 3.74. The number of benzene rings is 1. The normalized spacial score (nSPS) is 12.8. The lowest BCUT2D eigenvalue weighted by atomic mass is 10.0. The second-order valence-electron chi connectivity index (χ2n) is 3.74. The zero-order chi connectivity index (χ0) is 10.4. The molecule has 2 nitrogen and oxygen atoms in total. The Morgan fingerprint density at radius 1 is 1.21 bits per heavy atom. The molecule has 1 atom stereocenters. The molecule has 0 heterocycles. The molecule has 0 aliphatic rings. The molecule has 0 saturated carbocycles. The third-order valence-corrected chi connectivity index (χ3v) is 2.43. The van der Waals surface area contributed by atoms with Crippen molar-refractivity contribution in [2.75, 3.05) is 6.61 Å². The third kappa shape index (κ3) is 3.48. The van der Waals surface area contributed by atoms with Crippen molar-refractivity contribution in [3.63, 3.8) is 0 Å². The molecule has 1 rings (SSSR count). The minimum absolute atomic E-state index is 0.113. The maximum atomic E-state index is 8.65. The highest BCUT2D eigenvalue weighted by Gasteiger charge is 2.04. The first-order chi connectivity index (χ1) is 6.74. The molecule has 14 heavy (non-hydrogen) atoms. The minimum atomic E-state index is 0.113. The largest absolute Gasteiger partial charge is 0.396 e. The van der Waals surface area contributed by atoms with E-state index in [-0.39, 0.29) is 12.6 Å². The maximum Gasteiger partial charge on any atom is 0.0431 e. The van der Waals surface area contributed by atoms with E-state index in [0.29, 0.717) is 0 Å². The molecule has 0 bridgehead atoms. The van der Waals surface area contributed by atoms with Crippen molar-refractivity contribution in [2.24, 2.45) is 5.73 Å². The van der Waals surface area contributed by atoms with Gasteiger partial charge in [0.1, 0.15) is 0 Å². The first-order valence-electron chi connectivity index (χ1n) is 5.17. The van der Waals surface area contributed by atoms with Gasteiger partial charge in [-0.3, -0.25) is 0 Å². The van der Waals surface area contributed by atoms with Crippen molar-refractivity contribution >= 4 is 0 Å². The van der Waals surface area contributed by atoms with Gasteiger partial charge in [-0.2, -0.15) is 0 Å². The van der Waals surface area contributed by atoms with Crippen molar-refractivity contribution in [3.8, 4) is 0 Å². The number of aryl methyl sites for hydroxylation is 1. The zero-order valence-electron chi connectivity index (χ0n) is 8.74. The van der Waals surface area contributed by atoms with Crippen LogP contribution in [0.25, 0.3) is 0 Å². The third-order valence-electron chi connectivity index (χ3n) is 2.43. The number of unbranched alkanes of at least 4 members (excludes halogenated alkanes) is 1. The number of hydrogen-bond donors (Lipinski definition) is 2. The molecule has 0 fully saturated rings. The molecular weight excluding hydrogens is 174 g/mol. The topological polar surface area (TPSA) is 46.2 Å². The standard InChI is InChI=1S/C12H19NO/c1-10-5-7-11(8-6-10)12(13)4-2-3-9-14/h5-8,12,14H,2-4,9,13H2,1H3. The summed E-state index contributed by atoms with van der Waals surface area (Å²) in [5.74, 6) is 0. The predicted octanol–water partition coefficient (Wildman–Crippen LogP) is 2.16. The highest BCUT2D eigenvalue weighted by atomic mass is 16.2. The Bertz CT molecular complexity index is 256. The summed E-state index contributed by atoms with van der Waals surface area (Å²) >= 11 is 0. The number of nitrogens with two attached hydrogens (primary N) is 1. The molecule has 0 radical (unpaired) electrons. The van der Waals surface area contributed by atoms with Gasteiger partial charge in [0.15, 0.2) is 0 Å². The maximum absolute atomic E-state index is 8.65. The smallest absolute Gasteiger partial charge is 0.0431 e. The van der Waals surface area contributed by atoms with Gasteiger partial charge in [0.25, 0.3) is 0 Å². The van der Waals surface area contributed by atoms with Crippen LogP contribution in [0.2, 0.25) is 0 Å². The van der Waals surface area contributed by atoms with E-state index in [1.54, 1.807) is 0 Å². The summed E-state index contributed by atoms with van der Waals surface area (Å²) in [4.78, 5) is 0. The van der Waals surface area contributed by atoms with Crippen LogP contribution in [0, 0.1) is 6.92 Å². The monoisotopic (exact) mass is 193 g/mol. The molecule has 78 valence electrons. The van der Waals surface area contributed by atoms with Crippen LogP contribution < -0.4 is 5.73 Å². The molecule has 2 heteroatoms. The Morgan fingerprint density at radius 3 is 2.43 bits per heavy atom. The molecule has 1 aromatic carbocycles. The number of hydrogen-bond acceptors (Lipinski definition) is 2. The molecule has 3 N–H and O–H groups in total. The van der Waals surface area contributed by atoms with Gasteiger partial charge in [-0.15, -0.1) is 0 Å². The first kappa shape index (κ1) is 11.2. The Balaban J connectivity index is 2.43. The quantitative estimate of drug-likeness (QED) is 0.704. The average molecular weight is 193 g/mol. The van der Waals surface area contributed by atoms with Gasteiger partial charge in [0.2, 0.25) is 0 Å². The first-order valence-corrected chi connectivity index (χ1v) is 5.17. The lowest BCUT2D eigenvalue weighted by Gasteiger charge is -2.11. The van der Waals surface area contributed by atoms with Crippen molar-refractivity contribution in [3.05, 3.63) is 35.4 Å². The van der Waals surface area contributed by atoms with Crippen LogP contribution in [0.1, 0.15) is 36.4 Å². The van der Waals surface area contributed by atoms with E-state index in [2.05, 4.69) is 31.2 Å². The number of aliphatic hydroxyl groups is 1. The molecule has 0 spiro atoms. The van der Waals surface area contributed by atoms with Gasteiger partial charge in [-0.05, 0) is 31.7 Å². The zero-order valence-corrected chi connectivity index (χ0v) is 8.74. The van der Waals surface area contributed by atoms with Gasteiger partial charge < -0.3 is 10.8 Å². The number of rotatable bonds is 5. The molecule has 1 aromatic rings. The summed E-state index contributed by atoms with van der Waals surface area (Å²) in [6, 6.07) is 8.45. The Labute approximate surface area is 85.8 Å². The Morgan fingerprint density at radius 2 is 1.86 bits per heavy atom. The summed E-state index contributed by atoms with van der Waals surface area (Å²) in [7, 11) is 0. The Hall–Kier alpha value is -0.860. The molecule has 1 unspecified atom stereocenters. The molecule has 0 saturated heterocycles. The minimum Gasteiger partial charge on any atom is -0.396 e. The van der Waals surface area contributed by atoms with Crippen LogP contribution in [0.5, 0.6) is 0 Å². The van der Waals surface area contributed by atoms with E-state index in [1.807, 2.05) is 0 Å². The van der Waals surface area contributed by atoms with Gasteiger partial charge in [-0.1, -0.05) is 29.8 Å². The van der Waals surface area contributed by atoms with Crippen LogP contribution in [-0.4, -0.2) is 11.7 Å². The van der Waals surface area contributed by atoms with Crippen molar-refractivity contribution in [2.45, 2.75) is 32.2 Å². The van der Waals surface area contributed by atoms with Crippen LogP contribution >= 0.6 is 0 Å². The summed E-state index contributed by atoms with van der Waals surface area (Å²) in [6.07, 6.45) is 2.79. The summed E-state index contributed by atoms with van der Waals surface area (Å²) in [5, 5.41) is 8.65. The Kier molecular flexibility index (Phi) is 4.63. The van der Waals surface area contributed by atoms with E-state index in [0.717, 1.165) is 19.3 Å². The van der Waals surface area contributed by atoms with E-state index in [1.165, 1.54) is 11.1 Å². The van der Waals surface area contributed by atoms with Crippen molar-refractivity contribution in [1.29, 1.82) is 0 Å². The van der Waals surface area contributed by atoms with Crippen molar-refractivity contribution < 1.29 is 5.11 Å². The van der Waals surface area contributed by atoms with E-state index < -0.39 is 0 Å². The molecule has 0 aliphatic heterocycles. The second kappa shape index (κ2) is 5.78. The van der Waals surface area contributed by atoms with Gasteiger partial charge in [-0.25, -0.2) is 0 Å². The summed E-state index contributed by atoms with van der Waals surface area (Å²) < 4.78 is 0. The van der Waals surface area contributed by atoms with E-state index >= 15 is 0 Å².